The van der Waals surface area contributed by atoms with Crippen LogP contribution in [0.1, 0.15) is 15.9 Å². The van der Waals surface area contributed by atoms with Gasteiger partial charge in [-0.05, 0) is 24.3 Å². The van der Waals surface area contributed by atoms with E-state index >= 15 is 0 Å². The number of ether oxygens (including phenoxy) is 2. The summed E-state index contributed by atoms with van der Waals surface area (Å²) < 4.78 is 65.4. The molecule has 2 aliphatic heterocycles. The van der Waals surface area contributed by atoms with Gasteiger partial charge in [0.1, 0.15) is 11.6 Å². The lowest BCUT2D eigenvalue weighted by molar-refractivity contribution is -0.122. The van der Waals surface area contributed by atoms with Gasteiger partial charge in [0.2, 0.25) is 0 Å². The predicted octanol–water partition coefficient (Wildman–Crippen LogP) is 3.65. The second-order valence-corrected chi connectivity index (χ2v) is 8.18. The van der Waals surface area contributed by atoms with Crippen LogP contribution in [0.2, 0.25) is 0 Å². The van der Waals surface area contributed by atoms with Crippen molar-refractivity contribution < 1.29 is 31.8 Å². The number of aromatic nitrogens is 1. The highest BCUT2D eigenvalue weighted by molar-refractivity contribution is 6.03. The fraction of sp³-hybridized carbons (Fsp3) is 0.292. The molecule has 1 aromatic carbocycles. The standard InChI is InChI=1S/C24H22F4N4O3/c1-2-24(27,28)14-35-20-7-15(25)3-4-18(20)21-19-10-32(22(33)17(19)5-6-31-21)16(8-29)9-30-11-23(26)12-34-13-23/h2-9H,1,10-14,29H2. The average molecular weight is 490 g/mol. The number of rotatable bonds is 9. The van der Waals surface area contributed by atoms with Crippen molar-refractivity contribution >= 4 is 12.1 Å². The topological polar surface area (TPSA) is 90.0 Å². The number of hydrogen-bond acceptors (Lipinski definition) is 6. The molecule has 2 aromatic rings. The average Bonchev–Trinajstić information content (AvgIpc) is 3.16. The number of amides is 1. The number of aliphatic imine (C=N–C) groups is 1. The third kappa shape index (κ3) is 5.04. The van der Waals surface area contributed by atoms with Gasteiger partial charge in [-0.3, -0.25) is 14.8 Å². The molecule has 184 valence electrons. The Kier molecular flexibility index (Phi) is 6.62. The molecule has 1 aromatic heterocycles. The summed E-state index contributed by atoms with van der Waals surface area (Å²) in [5, 5.41) is 0. The smallest absolute Gasteiger partial charge is 0.299 e. The van der Waals surface area contributed by atoms with Crippen LogP contribution in [-0.4, -0.2) is 60.0 Å². The van der Waals surface area contributed by atoms with Crippen molar-refractivity contribution in [3.8, 4) is 17.0 Å². The molecule has 0 saturated carbocycles. The van der Waals surface area contributed by atoms with Crippen LogP contribution in [0.5, 0.6) is 5.75 Å². The Bertz CT molecular complexity index is 1210. The van der Waals surface area contributed by atoms with E-state index in [1.165, 1.54) is 35.6 Å². The second kappa shape index (κ2) is 9.49. The van der Waals surface area contributed by atoms with Crippen LogP contribution in [0.25, 0.3) is 11.3 Å². The summed E-state index contributed by atoms with van der Waals surface area (Å²) in [6, 6.07) is 4.96. The summed E-state index contributed by atoms with van der Waals surface area (Å²) in [4.78, 5) is 22.8. The predicted molar refractivity (Wildman–Crippen MR) is 120 cm³/mol. The van der Waals surface area contributed by atoms with Gasteiger partial charge in [0.05, 0.1) is 37.7 Å². The van der Waals surface area contributed by atoms with Crippen molar-refractivity contribution in [1.29, 1.82) is 0 Å². The second-order valence-electron chi connectivity index (χ2n) is 8.18. The monoisotopic (exact) mass is 490 g/mol. The fourth-order valence-corrected chi connectivity index (χ4v) is 3.63. The number of nitrogens with zero attached hydrogens (tertiary/aromatic N) is 3. The Morgan fingerprint density at radius 3 is 2.77 bits per heavy atom. The largest absolute Gasteiger partial charge is 0.486 e. The number of fused-ring (bicyclic) bond motifs is 1. The highest BCUT2D eigenvalue weighted by Gasteiger charge is 2.38. The Labute approximate surface area is 198 Å². The first kappa shape index (κ1) is 24.4. The maximum absolute atomic E-state index is 14.1. The Morgan fingerprint density at radius 1 is 1.34 bits per heavy atom. The molecule has 0 unspecified atom stereocenters. The molecule has 3 heterocycles. The van der Waals surface area contributed by atoms with Crippen molar-refractivity contribution in [2.45, 2.75) is 18.1 Å². The summed E-state index contributed by atoms with van der Waals surface area (Å²) in [5.41, 5.74) is 5.66. The molecule has 7 nitrogen and oxygen atoms in total. The number of alkyl halides is 3. The molecule has 0 aliphatic carbocycles. The lowest BCUT2D eigenvalue weighted by atomic mass is 10.0. The number of nitrogens with two attached hydrogens (primary N) is 1. The van der Waals surface area contributed by atoms with Crippen molar-refractivity contribution in [3.05, 3.63) is 72.0 Å². The van der Waals surface area contributed by atoms with Gasteiger partial charge in [-0.1, -0.05) is 6.58 Å². The molecule has 35 heavy (non-hydrogen) atoms. The van der Waals surface area contributed by atoms with Crippen LogP contribution in [0.15, 0.2) is 60.0 Å². The molecule has 2 aliphatic rings. The number of pyridine rings is 1. The minimum absolute atomic E-state index is 0.0237. The van der Waals surface area contributed by atoms with E-state index in [9.17, 15) is 22.4 Å². The van der Waals surface area contributed by atoms with Gasteiger partial charge in [0.15, 0.2) is 12.3 Å². The zero-order valence-corrected chi connectivity index (χ0v) is 18.5. The van der Waals surface area contributed by atoms with Crippen LogP contribution in [0.3, 0.4) is 0 Å². The van der Waals surface area contributed by atoms with Crippen LogP contribution in [0, 0.1) is 5.82 Å². The number of carbonyl (C=O) groups excluding carboxylic acids is 1. The molecule has 1 amide bonds. The first-order valence-corrected chi connectivity index (χ1v) is 10.6. The maximum atomic E-state index is 14.1. The molecule has 2 N–H and O–H groups in total. The molecular formula is C24H22F4N4O3. The third-order valence-electron chi connectivity index (χ3n) is 5.57. The lowest BCUT2D eigenvalue weighted by Crippen LogP contribution is -2.48. The number of hydrogen-bond donors (Lipinski definition) is 1. The molecule has 11 heteroatoms. The number of allylic oxidation sites excluding steroid dienone is 1. The van der Waals surface area contributed by atoms with Gasteiger partial charge in [0, 0.05) is 41.4 Å². The van der Waals surface area contributed by atoms with E-state index in [1.807, 2.05) is 0 Å². The van der Waals surface area contributed by atoms with Gasteiger partial charge in [-0.2, -0.15) is 8.78 Å². The minimum atomic E-state index is -3.33. The SMILES string of the molecule is C=CC(F)(F)COc1cc(F)ccc1-c1nccc2c1CN(C(C=NCC1(F)COC1)=CN)C2=O. The van der Waals surface area contributed by atoms with Crippen molar-refractivity contribution in [3.63, 3.8) is 0 Å². The molecule has 0 bridgehead atoms. The fourth-order valence-electron chi connectivity index (χ4n) is 3.63. The van der Waals surface area contributed by atoms with Crippen molar-refractivity contribution in [1.82, 2.24) is 9.88 Å². The summed E-state index contributed by atoms with van der Waals surface area (Å²) in [5.74, 6) is -4.59. The van der Waals surface area contributed by atoms with E-state index in [-0.39, 0.29) is 49.0 Å². The number of benzene rings is 1. The van der Waals surface area contributed by atoms with E-state index in [2.05, 4.69) is 16.6 Å². The van der Waals surface area contributed by atoms with E-state index in [1.54, 1.807) is 0 Å². The first-order chi connectivity index (χ1) is 16.7. The number of carbonyl (C=O) groups is 1. The van der Waals surface area contributed by atoms with Gasteiger partial charge in [0.25, 0.3) is 11.8 Å². The van der Waals surface area contributed by atoms with Crippen molar-refractivity contribution in [2.24, 2.45) is 10.7 Å². The highest BCUT2D eigenvalue weighted by atomic mass is 19.3. The normalized spacial score (nSPS) is 17.4. The minimum Gasteiger partial charge on any atom is -0.486 e. The zero-order chi connectivity index (χ0) is 25.2. The molecule has 0 radical (unpaired) electrons. The Hall–Kier alpha value is -3.73. The van der Waals surface area contributed by atoms with Gasteiger partial charge in [-0.25, -0.2) is 8.78 Å². The van der Waals surface area contributed by atoms with Gasteiger partial charge < -0.3 is 20.1 Å². The highest BCUT2D eigenvalue weighted by Crippen LogP contribution is 2.37. The summed E-state index contributed by atoms with van der Waals surface area (Å²) in [6.45, 7) is 1.80. The Morgan fingerprint density at radius 2 is 2.11 bits per heavy atom. The van der Waals surface area contributed by atoms with E-state index < -0.39 is 29.9 Å². The van der Waals surface area contributed by atoms with E-state index in [4.69, 9.17) is 15.2 Å². The summed E-state index contributed by atoms with van der Waals surface area (Å²) in [7, 11) is 0. The van der Waals surface area contributed by atoms with Gasteiger partial charge in [-0.15, -0.1) is 0 Å². The quantitative estimate of drug-likeness (QED) is 0.329. The summed E-state index contributed by atoms with van der Waals surface area (Å²) >= 11 is 0. The first-order valence-electron chi connectivity index (χ1n) is 10.6. The lowest BCUT2D eigenvalue weighted by Gasteiger charge is -2.32. The molecule has 0 spiro atoms. The van der Waals surface area contributed by atoms with Gasteiger partial charge >= 0.3 is 0 Å². The van der Waals surface area contributed by atoms with Crippen LogP contribution in [0.4, 0.5) is 17.6 Å². The number of halogens is 4. The zero-order valence-electron chi connectivity index (χ0n) is 18.5. The van der Waals surface area contributed by atoms with E-state index in [0.717, 1.165) is 12.1 Å². The maximum Gasteiger partial charge on any atom is 0.299 e. The Balaban J connectivity index is 1.62. The molecule has 0 atom stereocenters. The van der Waals surface area contributed by atoms with Crippen LogP contribution < -0.4 is 10.5 Å². The molecule has 4 rings (SSSR count). The van der Waals surface area contributed by atoms with Crippen LogP contribution >= 0.6 is 0 Å². The third-order valence-corrected chi connectivity index (χ3v) is 5.57. The summed E-state index contributed by atoms with van der Waals surface area (Å²) in [6.07, 6.45) is 4.29. The molecular weight excluding hydrogens is 468 g/mol. The van der Waals surface area contributed by atoms with E-state index in [0.29, 0.717) is 17.2 Å². The molecule has 1 saturated heterocycles. The van der Waals surface area contributed by atoms with Crippen molar-refractivity contribution in [2.75, 3.05) is 26.4 Å². The molecule has 1 fully saturated rings. The van der Waals surface area contributed by atoms with Crippen LogP contribution in [-0.2, 0) is 11.3 Å².